The zero-order chi connectivity index (χ0) is 14.6. The summed E-state index contributed by atoms with van der Waals surface area (Å²) in [6, 6.07) is 3.00. The van der Waals surface area contributed by atoms with Gasteiger partial charge in [0, 0.05) is 11.8 Å². The number of alkyl halides is 1. The Kier molecular flexibility index (Phi) is 4.70. The summed E-state index contributed by atoms with van der Waals surface area (Å²) in [6.45, 7) is 1.99. The third-order valence-corrected chi connectivity index (χ3v) is 3.76. The van der Waals surface area contributed by atoms with Crippen molar-refractivity contribution in [2.75, 3.05) is 6.61 Å². The van der Waals surface area contributed by atoms with Crippen LogP contribution in [0.5, 0.6) is 0 Å². The second kappa shape index (κ2) is 6.31. The van der Waals surface area contributed by atoms with E-state index in [-0.39, 0.29) is 12.3 Å². The molecular formula is C15H20FNO3. The Morgan fingerprint density at radius 1 is 1.45 bits per heavy atom. The van der Waals surface area contributed by atoms with Crippen molar-refractivity contribution < 1.29 is 19.0 Å². The molecule has 1 saturated carbocycles. The van der Waals surface area contributed by atoms with E-state index >= 15 is 0 Å². The number of pyridine rings is 1. The van der Waals surface area contributed by atoms with Gasteiger partial charge in [0.05, 0.1) is 6.61 Å². The Morgan fingerprint density at radius 2 is 2.15 bits per heavy atom. The van der Waals surface area contributed by atoms with Crippen molar-refractivity contribution in [2.24, 2.45) is 0 Å². The highest BCUT2D eigenvalue weighted by molar-refractivity contribution is 5.87. The number of aromatic nitrogens is 1. The lowest BCUT2D eigenvalue weighted by Gasteiger charge is -2.33. The van der Waals surface area contributed by atoms with Crippen LogP contribution in [0.4, 0.5) is 4.39 Å². The molecule has 0 spiro atoms. The molecule has 0 bridgehead atoms. The van der Waals surface area contributed by atoms with E-state index in [1.165, 1.54) is 12.3 Å². The minimum absolute atomic E-state index is 0.166. The van der Waals surface area contributed by atoms with Gasteiger partial charge in [-0.15, -0.1) is 0 Å². The van der Waals surface area contributed by atoms with E-state index in [0.29, 0.717) is 18.4 Å². The fraction of sp³-hybridized carbons (Fsp3) is 0.600. The van der Waals surface area contributed by atoms with Crippen molar-refractivity contribution in [2.45, 2.75) is 50.8 Å². The van der Waals surface area contributed by atoms with E-state index in [1.54, 1.807) is 13.0 Å². The maximum absolute atomic E-state index is 14.7. The van der Waals surface area contributed by atoms with Gasteiger partial charge in [0.1, 0.15) is 17.5 Å². The zero-order valence-corrected chi connectivity index (χ0v) is 11.6. The van der Waals surface area contributed by atoms with E-state index in [1.807, 2.05) is 0 Å². The summed E-state index contributed by atoms with van der Waals surface area (Å²) in [6.07, 6.45) is 3.50. The van der Waals surface area contributed by atoms with Crippen LogP contribution in [0.15, 0.2) is 18.3 Å². The molecule has 1 atom stereocenters. The number of nitrogens with zero attached hydrogens (tertiary/aromatic N) is 1. The maximum atomic E-state index is 14.7. The predicted molar refractivity (Wildman–Crippen MR) is 72.1 cm³/mol. The predicted octanol–water partition coefficient (Wildman–Crippen LogP) is 2.96. The largest absolute Gasteiger partial charge is 0.461 e. The molecule has 2 rings (SSSR count). The Labute approximate surface area is 118 Å². The van der Waals surface area contributed by atoms with Crippen molar-refractivity contribution in [1.82, 2.24) is 4.98 Å². The van der Waals surface area contributed by atoms with E-state index < -0.39 is 17.7 Å². The lowest BCUT2D eigenvalue weighted by atomic mass is 9.80. The maximum Gasteiger partial charge on any atom is 0.356 e. The zero-order valence-electron chi connectivity index (χ0n) is 11.6. The second-order valence-corrected chi connectivity index (χ2v) is 5.20. The summed E-state index contributed by atoms with van der Waals surface area (Å²) in [5.41, 5.74) is -1.01. The van der Waals surface area contributed by atoms with Crippen LogP contribution in [0.3, 0.4) is 0 Å². The van der Waals surface area contributed by atoms with Crippen LogP contribution in [0, 0.1) is 0 Å². The van der Waals surface area contributed by atoms with Crippen LogP contribution >= 0.6 is 0 Å². The molecule has 1 aliphatic carbocycles. The van der Waals surface area contributed by atoms with Crippen LogP contribution in [0.2, 0.25) is 0 Å². The number of carbonyl (C=O) groups is 1. The molecule has 0 amide bonds. The first-order chi connectivity index (χ1) is 9.57. The summed E-state index contributed by atoms with van der Waals surface area (Å²) in [5, 5.41) is 10.2. The van der Waals surface area contributed by atoms with Crippen LogP contribution in [0.1, 0.15) is 61.2 Å². The van der Waals surface area contributed by atoms with Crippen molar-refractivity contribution >= 4 is 5.97 Å². The molecule has 20 heavy (non-hydrogen) atoms. The molecule has 1 aromatic heterocycles. The number of carbonyl (C=O) groups excluding carboxylic acids is 1. The van der Waals surface area contributed by atoms with Gasteiger partial charge in [-0.3, -0.25) is 0 Å². The standard InChI is InChI=1S/C15H20FNO3/c1-2-20-14(19)12-7-6-11(10-17-12)13(18)15(16)8-4-3-5-9-15/h6-7,10,13,18H,2-5,8-9H2,1H3. The lowest BCUT2D eigenvalue weighted by molar-refractivity contribution is -0.0362. The monoisotopic (exact) mass is 281 g/mol. The fourth-order valence-electron chi connectivity index (χ4n) is 2.60. The number of hydrogen-bond donors (Lipinski definition) is 1. The summed E-state index contributed by atoms with van der Waals surface area (Å²) >= 11 is 0. The van der Waals surface area contributed by atoms with Crippen LogP contribution < -0.4 is 0 Å². The van der Waals surface area contributed by atoms with Gasteiger partial charge in [0.15, 0.2) is 0 Å². The molecule has 4 nitrogen and oxygen atoms in total. The topological polar surface area (TPSA) is 59.4 Å². The highest BCUT2D eigenvalue weighted by Gasteiger charge is 2.40. The normalized spacial score (nSPS) is 19.4. The molecule has 1 aliphatic rings. The molecule has 1 aromatic rings. The van der Waals surface area contributed by atoms with E-state index in [4.69, 9.17) is 4.74 Å². The first kappa shape index (κ1) is 14.9. The third-order valence-electron chi connectivity index (χ3n) is 3.76. The quantitative estimate of drug-likeness (QED) is 0.862. The third kappa shape index (κ3) is 3.15. The number of halogens is 1. The first-order valence-electron chi connectivity index (χ1n) is 7.07. The van der Waals surface area contributed by atoms with Gasteiger partial charge in [-0.2, -0.15) is 0 Å². The number of aliphatic hydroxyl groups excluding tert-OH is 1. The van der Waals surface area contributed by atoms with Gasteiger partial charge in [-0.25, -0.2) is 14.2 Å². The molecule has 1 heterocycles. The summed E-state index contributed by atoms with van der Waals surface area (Å²) in [5.74, 6) is -0.513. The van der Waals surface area contributed by atoms with Crippen LogP contribution in [0.25, 0.3) is 0 Å². The number of ether oxygens (including phenoxy) is 1. The van der Waals surface area contributed by atoms with Crippen molar-refractivity contribution in [3.05, 3.63) is 29.6 Å². The number of esters is 1. The smallest absolute Gasteiger partial charge is 0.356 e. The molecule has 1 N–H and O–H groups in total. The van der Waals surface area contributed by atoms with E-state index in [0.717, 1.165) is 19.3 Å². The first-order valence-corrected chi connectivity index (χ1v) is 7.07. The highest BCUT2D eigenvalue weighted by Crippen LogP contribution is 2.41. The van der Waals surface area contributed by atoms with Gasteiger partial charge in [-0.1, -0.05) is 25.3 Å². The van der Waals surface area contributed by atoms with Gasteiger partial charge in [0.2, 0.25) is 0 Å². The molecule has 5 heteroatoms. The average Bonchev–Trinajstić information content (AvgIpc) is 2.48. The Hall–Kier alpha value is -1.49. The summed E-state index contributed by atoms with van der Waals surface area (Å²) in [4.78, 5) is 15.4. The molecule has 0 aromatic carbocycles. The Balaban J connectivity index is 2.11. The SMILES string of the molecule is CCOC(=O)c1ccc(C(O)C2(F)CCCCC2)cn1. The molecule has 0 aliphatic heterocycles. The van der Waals surface area contributed by atoms with Crippen molar-refractivity contribution in [1.29, 1.82) is 0 Å². The lowest BCUT2D eigenvalue weighted by Crippen LogP contribution is -2.33. The average molecular weight is 281 g/mol. The molecule has 110 valence electrons. The summed E-state index contributed by atoms with van der Waals surface area (Å²) in [7, 11) is 0. The second-order valence-electron chi connectivity index (χ2n) is 5.20. The molecular weight excluding hydrogens is 261 g/mol. The Bertz CT molecular complexity index is 455. The highest BCUT2D eigenvalue weighted by atomic mass is 19.1. The summed E-state index contributed by atoms with van der Waals surface area (Å²) < 4.78 is 19.5. The minimum atomic E-state index is -1.58. The van der Waals surface area contributed by atoms with Gasteiger partial charge in [0.25, 0.3) is 0 Å². The molecule has 0 saturated heterocycles. The minimum Gasteiger partial charge on any atom is -0.461 e. The number of aliphatic hydroxyl groups is 1. The molecule has 1 fully saturated rings. The van der Waals surface area contributed by atoms with Gasteiger partial charge >= 0.3 is 5.97 Å². The van der Waals surface area contributed by atoms with Crippen LogP contribution in [-0.4, -0.2) is 28.3 Å². The van der Waals surface area contributed by atoms with E-state index in [9.17, 15) is 14.3 Å². The van der Waals surface area contributed by atoms with Gasteiger partial charge in [-0.05, 0) is 25.8 Å². The molecule has 0 radical (unpaired) electrons. The van der Waals surface area contributed by atoms with Crippen LogP contribution in [-0.2, 0) is 4.74 Å². The van der Waals surface area contributed by atoms with E-state index in [2.05, 4.69) is 4.98 Å². The number of rotatable bonds is 4. The van der Waals surface area contributed by atoms with Gasteiger partial charge < -0.3 is 9.84 Å². The molecule has 1 unspecified atom stereocenters. The number of hydrogen-bond acceptors (Lipinski definition) is 4. The Morgan fingerprint density at radius 3 is 2.70 bits per heavy atom. The fourth-order valence-corrected chi connectivity index (χ4v) is 2.60. The van der Waals surface area contributed by atoms with Crippen molar-refractivity contribution in [3.63, 3.8) is 0 Å². The van der Waals surface area contributed by atoms with Crippen molar-refractivity contribution in [3.8, 4) is 0 Å².